The van der Waals surface area contributed by atoms with E-state index in [2.05, 4.69) is 26.8 Å². The number of allylic oxidation sites excluding steroid dienone is 2. The SMILES string of the molecule is CC1=C(CC[C@H](C)CO[C@@H]2O[C@H](CO)[C@@H](O)[C@H](O)[C@H]2O)O[C@H]2C[C@H]3[C@@H]4CC=C5C[C@@H](O[C@@H]6O[C@H](CO)[C@@H](O)[C@H](O[C@@H]7O[C@@H](C)[C@H](O[C@@H]8O[C@H](CO)[C@@H](O)[C@H](O)[C@H]8O)[C@@H](O)[C@H]7O)[C@H]6O[C@@H]6O[C@@H](C)[C@H](O)[C@@H](O)[C@H]6O)CC[C@]5(C)[C@H]4CC[C@]3(C)[C@@H]12. The van der Waals surface area contributed by atoms with Gasteiger partial charge in [-0.1, -0.05) is 32.4 Å². The van der Waals surface area contributed by atoms with E-state index in [9.17, 15) is 76.6 Å². The molecule has 0 aromatic rings. The third-order valence-corrected chi connectivity index (χ3v) is 21.0. The first kappa shape index (κ1) is 64.3. The molecule has 476 valence electrons. The molecule has 26 heteroatoms. The lowest BCUT2D eigenvalue weighted by Gasteiger charge is -2.58. The maximum atomic E-state index is 11.9. The minimum atomic E-state index is -1.95. The number of aliphatic hydroxyl groups excluding tert-OH is 15. The summed E-state index contributed by atoms with van der Waals surface area (Å²) in [5.41, 5.74) is 2.41. The zero-order valence-electron chi connectivity index (χ0n) is 47.9. The molecule has 83 heavy (non-hydrogen) atoms. The van der Waals surface area contributed by atoms with Crippen LogP contribution in [-0.4, -0.2) is 269 Å². The van der Waals surface area contributed by atoms with Crippen LogP contribution in [0.4, 0.5) is 0 Å². The predicted octanol–water partition coefficient (Wildman–Crippen LogP) is -3.21. The van der Waals surface area contributed by atoms with Crippen LogP contribution >= 0.6 is 0 Å². The van der Waals surface area contributed by atoms with Gasteiger partial charge in [-0.25, -0.2) is 0 Å². The van der Waals surface area contributed by atoms with Gasteiger partial charge < -0.3 is 129 Å². The molecule has 8 fully saturated rings. The Kier molecular flexibility index (Phi) is 19.9. The Morgan fingerprint density at radius 1 is 0.566 bits per heavy atom. The van der Waals surface area contributed by atoms with Crippen molar-refractivity contribution in [1.82, 2.24) is 0 Å². The van der Waals surface area contributed by atoms with Gasteiger partial charge in [0.25, 0.3) is 0 Å². The van der Waals surface area contributed by atoms with Crippen molar-refractivity contribution in [2.45, 2.75) is 265 Å². The molecule has 26 nitrogen and oxygen atoms in total. The van der Waals surface area contributed by atoms with Crippen molar-refractivity contribution >= 4 is 0 Å². The summed E-state index contributed by atoms with van der Waals surface area (Å²) in [4.78, 5) is 0. The van der Waals surface area contributed by atoms with E-state index in [1.807, 2.05) is 6.92 Å². The van der Waals surface area contributed by atoms with Gasteiger partial charge in [0, 0.05) is 12.3 Å². The summed E-state index contributed by atoms with van der Waals surface area (Å²) in [7, 11) is 0. The van der Waals surface area contributed by atoms with E-state index < -0.39 is 179 Å². The molecule has 0 bridgehead atoms. The van der Waals surface area contributed by atoms with Gasteiger partial charge in [-0.15, -0.1) is 0 Å². The van der Waals surface area contributed by atoms with Crippen molar-refractivity contribution in [3.8, 4) is 0 Å². The maximum absolute atomic E-state index is 11.9. The fraction of sp³-hybridized carbons (Fsp3) is 0.930. The van der Waals surface area contributed by atoms with Crippen LogP contribution in [0.5, 0.6) is 0 Å². The largest absolute Gasteiger partial charge is 0.494 e. The Labute approximate surface area is 482 Å². The van der Waals surface area contributed by atoms with Crippen molar-refractivity contribution in [2.24, 2.45) is 40.4 Å². The Balaban J connectivity index is 0.808. The normalized spacial score (nSPS) is 53.1. The third-order valence-electron chi connectivity index (χ3n) is 21.0. The molecule has 3 saturated carbocycles. The van der Waals surface area contributed by atoms with Crippen LogP contribution in [0.25, 0.3) is 0 Å². The lowest BCUT2D eigenvalue weighted by atomic mass is 9.47. The minimum absolute atomic E-state index is 0.0250. The fourth-order valence-electron chi connectivity index (χ4n) is 16.0. The zero-order chi connectivity index (χ0) is 59.9. The minimum Gasteiger partial charge on any atom is -0.494 e. The standard InChI is InChI=1S/C57H92O26/c1-21(20-73-51-44(69)41(66)37(62)32(17-58)78-51)7-10-30-22(2)35-31(77-30)16-29-27-9-8-25-15-26(11-13-56(25,5)28(27)12-14-57(29,35)6)76-55-50(83-52-45(70)40(65)36(61)23(3)74-52)49(39(64)34(19-60)80-55)82-53-47(72)43(68)48(24(4)75-53)81-54-46(71)42(67)38(63)33(18-59)79-54/h8,21,23-24,26-29,31-55,58-72H,7,9-20H2,1-6H3/t21-,23-,24-,26-,27+,28-,29-,31-,32+,33+,34+,35-,36-,37+,38+,39+,40+,41-,42-,43-,44+,45+,46+,47+,48-,49-,50+,51+,52-,53-,54-,55+,56-,57-/m0/s1. The monoisotopic (exact) mass is 1190 g/mol. The maximum Gasteiger partial charge on any atom is 0.187 e. The van der Waals surface area contributed by atoms with Gasteiger partial charge in [0.15, 0.2) is 31.5 Å². The van der Waals surface area contributed by atoms with E-state index in [1.54, 1.807) is 0 Å². The van der Waals surface area contributed by atoms with Crippen LogP contribution in [-0.2, 0) is 52.1 Å². The smallest absolute Gasteiger partial charge is 0.187 e. The Bertz CT molecular complexity index is 2240. The summed E-state index contributed by atoms with van der Waals surface area (Å²) in [6, 6.07) is 0. The third kappa shape index (κ3) is 11.9. The van der Waals surface area contributed by atoms with Gasteiger partial charge in [-0.05, 0) is 112 Å². The second-order valence-electron chi connectivity index (χ2n) is 26.0. The van der Waals surface area contributed by atoms with Gasteiger partial charge in [-0.2, -0.15) is 0 Å². The van der Waals surface area contributed by atoms with E-state index >= 15 is 0 Å². The van der Waals surface area contributed by atoms with Gasteiger partial charge in [0.1, 0.15) is 116 Å². The molecule has 5 saturated heterocycles. The molecular weight excluding hydrogens is 1100 g/mol. The second kappa shape index (κ2) is 25.6. The van der Waals surface area contributed by atoms with Crippen LogP contribution in [0.1, 0.15) is 99.3 Å². The molecule has 4 aliphatic carbocycles. The van der Waals surface area contributed by atoms with Gasteiger partial charge in [-0.3, -0.25) is 0 Å². The summed E-state index contributed by atoms with van der Waals surface area (Å²) in [5, 5.41) is 160. The van der Waals surface area contributed by atoms with Crippen LogP contribution < -0.4 is 0 Å². The summed E-state index contributed by atoms with van der Waals surface area (Å²) >= 11 is 0. The zero-order valence-corrected chi connectivity index (χ0v) is 47.9. The average molecular weight is 1190 g/mol. The average Bonchev–Trinajstić information content (AvgIpc) is 3.81. The quantitative estimate of drug-likeness (QED) is 0.0638. The molecule has 0 aromatic carbocycles. The van der Waals surface area contributed by atoms with E-state index in [-0.39, 0.29) is 35.4 Å². The van der Waals surface area contributed by atoms with E-state index in [1.165, 1.54) is 25.0 Å². The number of hydrogen-bond acceptors (Lipinski definition) is 26. The first-order valence-corrected chi connectivity index (χ1v) is 29.9. The number of ether oxygens (including phenoxy) is 11. The van der Waals surface area contributed by atoms with Crippen molar-refractivity contribution < 1.29 is 129 Å². The van der Waals surface area contributed by atoms with Crippen molar-refractivity contribution in [1.29, 1.82) is 0 Å². The summed E-state index contributed by atoms with van der Waals surface area (Å²) in [6.07, 6.45) is -29.6. The highest BCUT2D eigenvalue weighted by Crippen LogP contribution is 2.69. The highest BCUT2D eigenvalue weighted by atomic mass is 16.8. The van der Waals surface area contributed by atoms with E-state index in [0.29, 0.717) is 37.0 Å². The molecule has 34 atom stereocenters. The highest BCUT2D eigenvalue weighted by molar-refractivity contribution is 5.30. The molecule has 15 N–H and O–H groups in total. The number of rotatable bonds is 17. The second-order valence-corrected chi connectivity index (χ2v) is 26.0. The van der Waals surface area contributed by atoms with E-state index in [4.69, 9.17) is 52.1 Å². The van der Waals surface area contributed by atoms with Gasteiger partial charge >= 0.3 is 0 Å². The van der Waals surface area contributed by atoms with Crippen molar-refractivity contribution in [2.75, 3.05) is 26.4 Å². The van der Waals surface area contributed by atoms with Gasteiger partial charge in [0.2, 0.25) is 0 Å². The molecule has 0 radical (unpaired) electrons. The number of aliphatic hydroxyl groups is 15. The molecule has 0 unspecified atom stereocenters. The molecule has 0 spiro atoms. The lowest BCUT2D eigenvalue weighted by molar-refractivity contribution is -0.398. The van der Waals surface area contributed by atoms with Crippen LogP contribution in [0, 0.1) is 40.4 Å². The summed E-state index contributed by atoms with van der Waals surface area (Å²) in [5.74, 6) is 2.57. The van der Waals surface area contributed by atoms with Crippen molar-refractivity contribution in [3.05, 3.63) is 23.0 Å². The lowest BCUT2D eigenvalue weighted by Crippen LogP contribution is -2.67. The van der Waals surface area contributed by atoms with Crippen LogP contribution in [0.2, 0.25) is 0 Å². The predicted molar refractivity (Wildman–Crippen MR) is 280 cm³/mol. The van der Waals surface area contributed by atoms with Crippen LogP contribution in [0.3, 0.4) is 0 Å². The highest BCUT2D eigenvalue weighted by Gasteiger charge is 2.64. The summed E-state index contributed by atoms with van der Waals surface area (Å²) in [6.45, 7) is 10.1. The molecule has 6 aliphatic heterocycles. The molecule has 0 aromatic heterocycles. The molecule has 0 amide bonds. The first-order valence-electron chi connectivity index (χ1n) is 29.9. The van der Waals surface area contributed by atoms with Gasteiger partial charge in [0.05, 0.1) is 50.5 Å². The molecule has 10 aliphatic rings. The van der Waals surface area contributed by atoms with Crippen molar-refractivity contribution in [3.63, 3.8) is 0 Å². The number of hydrogen-bond donors (Lipinski definition) is 15. The Hall–Kier alpha value is -1.72. The first-order chi connectivity index (χ1) is 39.3. The molecule has 6 heterocycles. The Morgan fingerprint density at radius 3 is 1.76 bits per heavy atom. The number of fused-ring (bicyclic) bond motifs is 7. The van der Waals surface area contributed by atoms with Crippen LogP contribution in [0.15, 0.2) is 23.0 Å². The Morgan fingerprint density at radius 2 is 1.11 bits per heavy atom. The van der Waals surface area contributed by atoms with E-state index in [0.717, 1.165) is 44.3 Å². The topological polar surface area (TPSA) is 405 Å². The molecular formula is C57H92O26. The fourth-order valence-corrected chi connectivity index (χ4v) is 16.0. The summed E-state index contributed by atoms with van der Waals surface area (Å²) < 4.78 is 67.2. The molecule has 10 rings (SSSR count).